The number of hydrogen-bond donors (Lipinski definition) is 1. The monoisotopic (exact) mass is 242 g/mol. The van der Waals surface area contributed by atoms with E-state index in [1.807, 2.05) is 6.07 Å². The predicted octanol–water partition coefficient (Wildman–Crippen LogP) is 2.51. The van der Waals surface area contributed by atoms with Gasteiger partial charge in [0, 0.05) is 12.6 Å². The molecule has 1 aromatic heterocycles. The molecule has 1 atom stereocenters. The molecule has 1 saturated heterocycles. The first-order chi connectivity index (χ1) is 7.75. The Morgan fingerprint density at radius 1 is 1.50 bits per heavy atom. The van der Waals surface area contributed by atoms with Crippen molar-refractivity contribution in [2.24, 2.45) is 0 Å². The standard InChI is InChI=1S/C12H19ClN2O/c1-15-7-3-2-4-10(15)8-14-9-11-5-6-12(13)16-11/h5-6,10,14H,2-4,7-9H2,1H3. The molecule has 0 aromatic carbocycles. The zero-order valence-electron chi connectivity index (χ0n) is 9.71. The lowest BCUT2D eigenvalue weighted by Crippen LogP contribution is -2.42. The minimum Gasteiger partial charge on any atom is -0.448 e. The molecule has 0 amide bonds. The van der Waals surface area contributed by atoms with E-state index >= 15 is 0 Å². The second-order valence-corrected chi connectivity index (χ2v) is 4.84. The van der Waals surface area contributed by atoms with Crippen molar-refractivity contribution in [3.8, 4) is 0 Å². The molecule has 90 valence electrons. The SMILES string of the molecule is CN1CCCCC1CNCc1ccc(Cl)o1. The van der Waals surface area contributed by atoms with Crippen molar-refractivity contribution in [1.82, 2.24) is 10.2 Å². The van der Waals surface area contributed by atoms with Crippen LogP contribution in [0, 0.1) is 0 Å². The van der Waals surface area contributed by atoms with E-state index in [1.165, 1.54) is 25.8 Å². The normalized spacial score (nSPS) is 22.5. The lowest BCUT2D eigenvalue weighted by molar-refractivity contribution is 0.180. The number of furan rings is 1. The molecule has 2 rings (SSSR count). The van der Waals surface area contributed by atoms with Crippen molar-refractivity contribution in [3.05, 3.63) is 23.1 Å². The van der Waals surface area contributed by atoms with Crippen LogP contribution in [0.15, 0.2) is 16.5 Å². The molecule has 0 bridgehead atoms. The fourth-order valence-corrected chi connectivity index (χ4v) is 2.37. The van der Waals surface area contributed by atoms with Gasteiger partial charge in [-0.2, -0.15) is 0 Å². The summed E-state index contributed by atoms with van der Waals surface area (Å²) >= 11 is 5.71. The smallest absolute Gasteiger partial charge is 0.193 e. The first-order valence-electron chi connectivity index (χ1n) is 5.91. The Balaban J connectivity index is 1.71. The fourth-order valence-electron chi connectivity index (χ4n) is 2.21. The molecule has 1 aromatic rings. The maximum Gasteiger partial charge on any atom is 0.193 e. The first-order valence-corrected chi connectivity index (χ1v) is 6.28. The van der Waals surface area contributed by atoms with Crippen LogP contribution in [0.25, 0.3) is 0 Å². The highest BCUT2D eigenvalue weighted by atomic mass is 35.5. The third kappa shape index (κ3) is 3.24. The van der Waals surface area contributed by atoms with Crippen LogP contribution in [0.4, 0.5) is 0 Å². The summed E-state index contributed by atoms with van der Waals surface area (Å²) in [5.74, 6) is 0.906. The van der Waals surface area contributed by atoms with Gasteiger partial charge < -0.3 is 14.6 Å². The Morgan fingerprint density at radius 2 is 2.38 bits per heavy atom. The Bertz CT molecular complexity index is 327. The van der Waals surface area contributed by atoms with Crippen LogP contribution < -0.4 is 5.32 Å². The van der Waals surface area contributed by atoms with Crippen molar-refractivity contribution < 1.29 is 4.42 Å². The number of rotatable bonds is 4. The van der Waals surface area contributed by atoms with Gasteiger partial charge in [-0.05, 0) is 50.2 Å². The van der Waals surface area contributed by atoms with Gasteiger partial charge in [-0.3, -0.25) is 0 Å². The molecule has 1 fully saturated rings. The van der Waals surface area contributed by atoms with Crippen LogP contribution in [0.1, 0.15) is 25.0 Å². The van der Waals surface area contributed by atoms with Crippen molar-refractivity contribution >= 4 is 11.6 Å². The maximum absolute atomic E-state index is 5.71. The number of likely N-dealkylation sites (N-methyl/N-ethyl adjacent to an activating group) is 1. The number of nitrogens with zero attached hydrogens (tertiary/aromatic N) is 1. The Labute approximate surface area is 102 Å². The first kappa shape index (κ1) is 12.0. The van der Waals surface area contributed by atoms with E-state index in [9.17, 15) is 0 Å². The number of likely N-dealkylation sites (tertiary alicyclic amines) is 1. The molecule has 3 nitrogen and oxygen atoms in total. The second-order valence-electron chi connectivity index (χ2n) is 4.47. The molecule has 0 spiro atoms. The molecule has 0 aliphatic carbocycles. The summed E-state index contributed by atoms with van der Waals surface area (Å²) in [6.45, 7) is 3.00. The molecule has 1 unspecified atom stereocenters. The van der Waals surface area contributed by atoms with Gasteiger partial charge in [0.05, 0.1) is 6.54 Å². The number of nitrogens with one attached hydrogen (secondary N) is 1. The van der Waals surface area contributed by atoms with Gasteiger partial charge in [-0.15, -0.1) is 0 Å². The fraction of sp³-hybridized carbons (Fsp3) is 0.667. The van der Waals surface area contributed by atoms with Crippen LogP contribution in [0.2, 0.25) is 5.22 Å². The molecular weight excluding hydrogens is 224 g/mol. The Morgan fingerprint density at radius 3 is 3.06 bits per heavy atom. The molecule has 1 aliphatic rings. The molecule has 1 aliphatic heterocycles. The van der Waals surface area contributed by atoms with E-state index in [-0.39, 0.29) is 0 Å². The predicted molar refractivity (Wildman–Crippen MR) is 65.7 cm³/mol. The lowest BCUT2D eigenvalue weighted by atomic mass is 10.0. The van der Waals surface area contributed by atoms with Crippen molar-refractivity contribution in [2.45, 2.75) is 31.8 Å². The number of hydrogen-bond acceptors (Lipinski definition) is 3. The molecule has 4 heteroatoms. The van der Waals surface area contributed by atoms with E-state index in [0.717, 1.165) is 18.8 Å². The largest absolute Gasteiger partial charge is 0.448 e. The van der Waals surface area contributed by atoms with E-state index in [1.54, 1.807) is 6.07 Å². The topological polar surface area (TPSA) is 28.4 Å². The summed E-state index contributed by atoms with van der Waals surface area (Å²) in [6.07, 6.45) is 3.98. The number of halogens is 1. The van der Waals surface area contributed by atoms with Gasteiger partial charge >= 0.3 is 0 Å². The van der Waals surface area contributed by atoms with Crippen LogP contribution in [-0.4, -0.2) is 31.1 Å². The molecule has 2 heterocycles. The van der Waals surface area contributed by atoms with E-state index in [2.05, 4.69) is 17.3 Å². The zero-order valence-corrected chi connectivity index (χ0v) is 10.5. The van der Waals surface area contributed by atoms with Gasteiger partial charge in [0.1, 0.15) is 5.76 Å². The van der Waals surface area contributed by atoms with Crippen molar-refractivity contribution in [1.29, 1.82) is 0 Å². The van der Waals surface area contributed by atoms with Gasteiger partial charge in [0.15, 0.2) is 5.22 Å². The van der Waals surface area contributed by atoms with E-state index in [0.29, 0.717) is 11.3 Å². The summed E-state index contributed by atoms with van der Waals surface area (Å²) in [6, 6.07) is 4.37. The quantitative estimate of drug-likeness (QED) is 0.880. The van der Waals surface area contributed by atoms with Crippen LogP contribution in [0.5, 0.6) is 0 Å². The van der Waals surface area contributed by atoms with Crippen molar-refractivity contribution in [3.63, 3.8) is 0 Å². The second kappa shape index (κ2) is 5.71. The summed E-state index contributed by atoms with van der Waals surface area (Å²) in [5.41, 5.74) is 0. The molecule has 0 radical (unpaired) electrons. The van der Waals surface area contributed by atoms with Crippen molar-refractivity contribution in [2.75, 3.05) is 20.1 Å². The summed E-state index contributed by atoms with van der Waals surface area (Å²) in [7, 11) is 2.20. The highest BCUT2D eigenvalue weighted by molar-refractivity contribution is 6.28. The van der Waals surface area contributed by atoms with Gasteiger partial charge in [-0.25, -0.2) is 0 Å². The summed E-state index contributed by atoms with van der Waals surface area (Å²) in [5, 5.41) is 3.89. The van der Waals surface area contributed by atoms with Crippen LogP contribution >= 0.6 is 11.6 Å². The minimum atomic E-state index is 0.464. The number of piperidine rings is 1. The minimum absolute atomic E-state index is 0.464. The highest BCUT2D eigenvalue weighted by Gasteiger charge is 2.17. The average molecular weight is 243 g/mol. The molecule has 16 heavy (non-hydrogen) atoms. The Hall–Kier alpha value is -0.510. The molecule has 1 N–H and O–H groups in total. The Kier molecular flexibility index (Phi) is 4.27. The van der Waals surface area contributed by atoms with Gasteiger partial charge in [0.2, 0.25) is 0 Å². The van der Waals surface area contributed by atoms with E-state index < -0.39 is 0 Å². The third-order valence-electron chi connectivity index (χ3n) is 3.23. The van der Waals surface area contributed by atoms with E-state index in [4.69, 9.17) is 16.0 Å². The zero-order chi connectivity index (χ0) is 11.4. The maximum atomic E-state index is 5.71. The summed E-state index contributed by atoms with van der Waals surface area (Å²) < 4.78 is 5.29. The molecular formula is C12H19ClN2O. The molecule has 0 saturated carbocycles. The third-order valence-corrected chi connectivity index (χ3v) is 3.43. The highest BCUT2D eigenvalue weighted by Crippen LogP contribution is 2.15. The lowest BCUT2D eigenvalue weighted by Gasteiger charge is -2.32. The van der Waals surface area contributed by atoms with Gasteiger partial charge in [-0.1, -0.05) is 6.42 Å². The van der Waals surface area contributed by atoms with Crippen LogP contribution in [-0.2, 0) is 6.54 Å². The average Bonchev–Trinajstić information content (AvgIpc) is 2.67. The summed E-state index contributed by atoms with van der Waals surface area (Å²) in [4.78, 5) is 2.44. The van der Waals surface area contributed by atoms with Crippen LogP contribution in [0.3, 0.4) is 0 Å². The van der Waals surface area contributed by atoms with Gasteiger partial charge in [0.25, 0.3) is 0 Å².